The Labute approximate surface area is 166 Å². The van der Waals surface area contributed by atoms with Crippen LogP contribution in [0, 0.1) is 20.8 Å². The van der Waals surface area contributed by atoms with E-state index in [2.05, 4.69) is 41.9 Å². The zero-order chi connectivity index (χ0) is 19.7. The molecule has 1 aromatic carbocycles. The second-order valence-electron chi connectivity index (χ2n) is 7.37. The number of benzene rings is 1. The molecular weight excluding hydrogens is 348 g/mol. The van der Waals surface area contributed by atoms with Crippen LogP contribution in [0.15, 0.2) is 54.9 Å². The van der Waals surface area contributed by atoms with Crippen LogP contribution in [-0.2, 0) is 0 Å². The molecule has 0 atom stereocenters. The Kier molecular flexibility index (Phi) is 4.90. The quantitative estimate of drug-likeness (QED) is 0.701. The van der Waals surface area contributed by atoms with Gasteiger partial charge in [0.25, 0.3) is 5.91 Å². The van der Waals surface area contributed by atoms with Crippen molar-refractivity contribution in [2.24, 2.45) is 0 Å². The maximum atomic E-state index is 13.2. The van der Waals surface area contributed by atoms with E-state index in [9.17, 15) is 4.79 Å². The smallest absolute Gasteiger partial charge is 0.270 e. The Morgan fingerprint density at radius 2 is 1.64 bits per heavy atom. The van der Waals surface area contributed by atoms with Gasteiger partial charge in [-0.25, -0.2) is 0 Å². The van der Waals surface area contributed by atoms with Crippen molar-refractivity contribution >= 4 is 11.6 Å². The molecule has 0 saturated carbocycles. The molecule has 0 aliphatic carbocycles. The fraction of sp³-hybridized carbons (Fsp3) is 0.304. The average Bonchev–Trinajstić information content (AvgIpc) is 3.19. The highest BCUT2D eigenvalue weighted by atomic mass is 16.2. The van der Waals surface area contributed by atoms with Gasteiger partial charge in [-0.3, -0.25) is 9.78 Å². The van der Waals surface area contributed by atoms with Gasteiger partial charge in [-0.2, -0.15) is 0 Å². The number of rotatable bonds is 3. The van der Waals surface area contributed by atoms with Crippen molar-refractivity contribution in [1.82, 2.24) is 14.5 Å². The van der Waals surface area contributed by atoms with E-state index in [0.717, 1.165) is 37.6 Å². The van der Waals surface area contributed by atoms with Crippen molar-refractivity contribution in [3.63, 3.8) is 0 Å². The largest absolute Gasteiger partial charge is 0.368 e. The van der Waals surface area contributed by atoms with Crippen LogP contribution in [-0.4, -0.2) is 46.5 Å². The molecule has 1 aliphatic rings. The second kappa shape index (κ2) is 7.50. The lowest BCUT2D eigenvalue weighted by atomic mass is 10.1. The number of hydrogen-bond donors (Lipinski definition) is 0. The molecule has 5 heteroatoms. The molecule has 0 unspecified atom stereocenters. The molecule has 5 nitrogen and oxygen atoms in total. The summed E-state index contributed by atoms with van der Waals surface area (Å²) in [6, 6.07) is 14.1. The van der Waals surface area contributed by atoms with Crippen LogP contribution < -0.4 is 4.90 Å². The Bertz CT molecular complexity index is 999. The first-order valence-electron chi connectivity index (χ1n) is 9.76. The first-order chi connectivity index (χ1) is 13.6. The first kappa shape index (κ1) is 18.3. The van der Waals surface area contributed by atoms with Gasteiger partial charge in [0.1, 0.15) is 5.69 Å². The minimum Gasteiger partial charge on any atom is -0.368 e. The summed E-state index contributed by atoms with van der Waals surface area (Å²) in [4.78, 5) is 21.9. The summed E-state index contributed by atoms with van der Waals surface area (Å²) in [6.45, 7) is 9.43. The molecule has 0 radical (unpaired) electrons. The number of aromatic nitrogens is 2. The molecule has 0 N–H and O–H groups in total. The van der Waals surface area contributed by atoms with Crippen molar-refractivity contribution in [3.05, 3.63) is 77.4 Å². The van der Waals surface area contributed by atoms with Crippen LogP contribution in [0.4, 0.5) is 5.69 Å². The molecule has 3 heterocycles. The van der Waals surface area contributed by atoms with E-state index in [4.69, 9.17) is 0 Å². The molecule has 0 bridgehead atoms. The maximum absolute atomic E-state index is 13.2. The van der Waals surface area contributed by atoms with Crippen LogP contribution in [0.25, 0.3) is 5.69 Å². The van der Waals surface area contributed by atoms with E-state index >= 15 is 0 Å². The molecule has 144 valence electrons. The summed E-state index contributed by atoms with van der Waals surface area (Å²) < 4.78 is 1.95. The fourth-order valence-electron chi connectivity index (χ4n) is 3.89. The number of pyridine rings is 1. The van der Waals surface area contributed by atoms with Crippen molar-refractivity contribution in [2.75, 3.05) is 31.1 Å². The number of hydrogen-bond acceptors (Lipinski definition) is 3. The van der Waals surface area contributed by atoms with Gasteiger partial charge in [-0.05, 0) is 62.2 Å². The normalized spacial score (nSPS) is 14.4. The van der Waals surface area contributed by atoms with Crippen LogP contribution in [0.5, 0.6) is 0 Å². The van der Waals surface area contributed by atoms with E-state index in [1.807, 2.05) is 46.9 Å². The Morgan fingerprint density at radius 3 is 2.39 bits per heavy atom. The van der Waals surface area contributed by atoms with Gasteiger partial charge in [0.05, 0.1) is 11.4 Å². The van der Waals surface area contributed by atoms with E-state index in [0.29, 0.717) is 5.69 Å². The van der Waals surface area contributed by atoms with E-state index in [1.165, 1.54) is 16.8 Å². The second-order valence-corrected chi connectivity index (χ2v) is 7.37. The lowest BCUT2D eigenvalue weighted by Gasteiger charge is -2.37. The van der Waals surface area contributed by atoms with Crippen molar-refractivity contribution in [2.45, 2.75) is 20.8 Å². The first-order valence-corrected chi connectivity index (χ1v) is 9.76. The minimum atomic E-state index is 0.0777. The third kappa shape index (κ3) is 3.28. The van der Waals surface area contributed by atoms with Gasteiger partial charge in [-0.1, -0.05) is 12.1 Å². The predicted molar refractivity (Wildman–Crippen MR) is 112 cm³/mol. The summed E-state index contributed by atoms with van der Waals surface area (Å²) in [7, 11) is 0. The monoisotopic (exact) mass is 374 g/mol. The molecule has 3 aromatic rings. The van der Waals surface area contributed by atoms with Gasteiger partial charge in [0.15, 0.2) is 0 Å². The number of aryl methyl sites for hydroxylation is 2. The minimum absolute atomic E-state index is 0.0777. The van der Waals surface area contributed by atoms with Crippen molar-refractivity contribution in [3.8, 4) is 5.69 Å². The van der Waals surface area contributed by atoms with Crippen molar-refractivity contribution < 1.29 is 4.79 Å². The number of carbonyl (C=O) groups is 1. The zero-order valence-electron chi connectivity index (χ0n) is 16.7. The van der Waals surface area contributed by atoms with Crippen LogP contribution in [0.3, 0.4) is 0 Å². The highest BCUT2D eigenvalue weighted by molar-refractivity contribution is 5.93. The number of amides is 1. The van der Waals surface area contributed by atoms with E-state index in [1.54, 1.807) is 6.20 Å². The van der Waals surface area contributed by atoms with Gasteiger partial charge < -0.3 is 14.4 Å². The third-order valence-corrected chi connectivity index (χ3v) is 5.69. The van der Waals surface area contributed by atoms with E-state index < -0.39 is 0 Å². The molecule has 0 spiro atoms. The Balaban J connectivity index is 1.51. The summed E-state index contributed by atoms with van der Waals surface area (Å²) in [6.07, 6.45) is 3.71. The van der Waals surface area contributed by atoms with Gasteiger partial charge >= 0.3 is 0 Å². The number of nitrogens with zero attached hydrogens (tertiary/aromatic N) is 4. The number of carbonyl (C=O) groups excluding carboxylic acids is 1. The Hall–Kier alpha value is -3.08. The Morgan fingerprint density at radius 1 is 0.893 bits per heavy atom. The van der Waals surface area contributed by atoms with Crippen LogP contribution in [0.2, 0.25) is 0 Å². The lowest BCUT2D eigenvalue weighted by molar-refractivity contribution is 0.0739. The van der Waals surface area contributed by atoms with Gasteiger partial charge in [0.2, 0.25) is 0 Å². The standard InChI is InChI=1S/C23H26N4O/c1-17-7-4-8-20(18(17)2)25-13-15-26(16-14-25)23(28)22-10-6-12-27(22)21-9-5-11-24-19(21)3/h4-12H,13-16H2,1-3H3. The molecule has 4 rings (SSSR count). The summed E-state index contributed by atoms with van der Waals surface area (Å²) in [5.41, 5.74) is 6.46. The molecule has 1 saturated heterocycles. The molecular formula is C23H26N4O. The highest BCUT2D eigenvalue weighted by Gasteiger charge is 2.25. The summed E-state index contributed by atoms with van der Waals surface area (Å²) in [5, 5.41) is 0. The highest BCUT2D eigenvalue weighted by Crippen LogP contribution is 2.24. The van der Waals surface area contributed by atoms with Gasteiger partial charge in [-0.15, -0.1) is 0 Å². The van der Waals surface area contributed by atoms with E-state index in [-0.39, 0.29) is 5.91 Å². The summed E-state index contributed by atoms with van der Waals surface area (Å²) in [5.74, 6) is 0.0777. The zero-order valence-corrected chi connectivity index (χ0v) is 16.7. The lowest BCUT2D eigenvalue weighted by Crippen LogP contribution is -2.49. The maximum Gasteiger partial charge on any atom is 0.270 e. The number of piperazine rings is 1. The van der Waals surface area contributed by atoms with Crippen molar-refractivity contribution in [1.29, 1.82) is 0 Å². The van der Waals surface area contributed by atoms with Crippen LogP contribution in [0.1, 0.15) is 27.3 Å². The molecule has 1 fully saturated rings. The third-order valence-electron chi connectivity index (χ3n) is 5.69. The molecule has 1 aliphatic heterocycles. The predicted octanol–water partition coefficient (Wildman–Crippen LogP) is 3.76. The average molecular weight is 374 g/mol. The molecule has 2 aromatic heterocycles. The summed E-state index contributed by atoms with van der Waals surface area (Å²) >= 11 is 0. The number of anilines is 1. The molecule has 28 heavy (non-hydrogen) atoms. The SMILES string of the molecule is Cc1cccc(N2CCN(C(=O)c3cccn3-c3cccnc3C)CC2)c1C. The topological polar surface area (TPSA) is 41.4 Å². The molecule has 1 amide bonds. The fourth-order valence-corrected chi connectivity index (χ4v) is 3.89. The van der Waals surface area contributed by atoms with Gasteiger partial charge in [0, 0.05) is 44.3 Å². The van der Waals surface area contributed by atoms with Crippen LogP contribution >= 0.6 is 0 Å².